The summed E-state index contributed by atoms with van der Waals surface area (Å²) in [5.41, 5.74) is 9.50. The van der Waals surface area contributed by atoms with Crippen LogP contribution in [0.15, 0.2) is 10.7 Å². The SMILES string of the molecule is N[C@H]1CC[C@H](Nc2c3c(nc4c(Br)cnn24)C2(CCCC2)C(CO)C3)C1. The van der Waals surface area contributed by atoms with E-state index in [-0.39, 0.29) is 24.0 Å². The number of nitrogens with two attached hydrogens (primary N) is 1. The summed E-state index contributed by atoms with van der Waals surface area (Å²) < 4.78 is 2.86. The molecule has 6 nitrogen and oxygen atoms in total. The van der Waals surface area contributed by atoms with Gasteiger partial charge in [-0.05, 0) is 60.4 Å². The van der Waals surface area contributed by atoms with Crippen LogP contribution < -0.4 is 11.1 Å². The number of fused-ring (bicyclic) bond motifs is 3. The molecule has 0 aliphatic heterocycles. The van der Waals surface area contributed by atoms with Crippen molar-refractivity contribution < 1.29 is 5.11 Å². The number of halogens is 1. The van der Waals surface area contributed by atoms with Gasteiger partial charge in [0.2, 0.25) is 0 Å². The van der Waals surface area contributed by atoms with Gasteiger partial charge in [-0.3, -0.25) is 0 Å². The second-order valence-corrected chi connectivity index (χ2v) is 9.23. The Balaban J connectivity index is 1.67. The molecule has 4 N–H and O–H groups in total. The van der Waals surface area contributed by atoms with Crippen LogP contribution in [0.25, 0.3) is 5.65 Å². The Bertz CT molecular complexity index is 844. The molecule has 0 radical (unpaired) electrons. The number of hydrogen-bond donors (Lipinski definition) is 3. The van der Waals surface area contributed by atoms with E-state index in [9.17, 15) is 5.11 Å². The summed E-state index contributed by atoms with van der Waals surface area (Å²) in [6, 6.07) is 0.670. The highest BCUT2D eigenvalue weighted by molar-refractivity contribution is 9.10. The fraction of sp³-hybridized carbons (Fsp3) is 0.684. The van der Waals surface area contributed by atoms with Crippen LogP contribution in [0.1, 0.15) is 56.2 Å². The number of anilines is 1. The van der Waals surface area contributed by atoms with Gasteiger partial charge in [-0.25, -0.2) is 4.98 Å². The van der Waals surface area contributed by atoms with Gasteiger partial charge in [-0.1, -0.05) is 12.8 Å². The van der Waals surface area contributed by atoms with E-state index in [0.717, 1.165) is 54.5 Å². The molecule has 0 amide bonds. The summed E-state index contributed by atoms with van der Waals surface area (Å²) >= 11 is 3.62. The standard InChI is InChI=1S/C19H26BrN5O/c20-15-9-22-25-17(23-13-4-3-12(21)8-13)14-7-11(10-26)19(5-1-2-6-19)16(14)24-18(15)25/h9,11-13,23,26H,1-8,10,21H2/t11?,12-,13-/m0/s1. The van der Waals surface area contributed by atoms with Crippen molar-refractivity contribution in [3.8, 4) is 0 Å². The first-order valence-corrected chi connectivity index (χ1v) is 10.6. The minimum atomic E-state index is 0.0397. The van der Waals surface area contributed by atoms with Gasteiger partial charge in [0, 0.05) is 29.7 Å². The molecule has 3 aliphatic carbocycles. The third-order valence-corrected chi connectivity index (χ3v) is 7.50. The molecule has 2 saturated carbocycles. The van der Waals surface area contributed by atoms with Crippen LogP contribution in [-0.4, -0.2) is 38.4 Å². The average Bonchev–Trinajstić information content (AvgIpc) is 3.39. The van der Waals surface area contributed by atoms with Crippen molar-refractivity contribution in [3.63, 3.8) is 0 Å². The Morgan fingerprint density at radius 2 is 2.15 bits per heavy atom. The molecule has 7 heteroatoms. The van der Waals surface area contributed by atoms with E-state index in [1.54, 1.807) is 0 Å². The van der Waals surface area contributed by atoms with Crippen molar-refractivity contribution in [2.45, 2.75) is 68.9 Å². The molecule has 1 unspecified atom stereocenters. The fourth-order valence-electron chi connectivity index (χ4n) is 5.62. The second kappa shape index (κ2) is 6.17. The number of rotatable bonds is 3. The van der Waals surface area contributed by atoms with Crippen molar-refractivity contribution >= 4 is 27.4 Å². The summed E-state index contributed by atoms with van der Waals surface area (Å²) in [6.45, 7) is 0.230. The normalized spacial score (nSPS) is 29.7. The Hall–Kier alpha value is -1.18. The lowest BCUT2D eigenvalue weighted by Gasteiger charge is -2.30. The molecule has 0 saturated heterocycles. The molecular formula is C19H26BrN5O. The van der Waals surface area contributed by atoms with Crippen LogP contribution in [0.5, 0.6) is 0 Å². The lowest BCUT2D eigenvalue weighted by Crippen LogP contribution is -2.31. The summed E-state index contributed by atoms with van der Waals surface area (Å²) in [6.07, 6.45) is 10.6. The van der Waals surface area contributed by atoms with Crippen LogP contribution in [0.4, 0.5) is 5.82 Å². The quantitative estimate of drug-likeness (QED) is 0.711. The first kappa shape index (κ1) is 17.0. The van der Waals surface area contributed by atoms with Gasteiger partial charge in [0.15, 0.2) is 5.65 Å². The van der Waals surface area contributed by atoms with Crippen molar-refractivity contribution in [3.05, 3.63) is 21.9 Å². The minimum absolute atomic E-state index is 0.0397. The Labute approximate surface area is 161 Å². The number of aliphatic hydroxyl groups excluding tert-OH is 1. The number of nitrogens with zero attached hydrogens (tertiary/aromatic N) is 3. The van der Waals surface area contributed by atoms with E-state index in [1.165, 1.54) is 24.1 Å². The predicted molar refractivity (Wildman–Crippen MR) is 104 cm³/mol. The van der Waals surface area contributed by atoms with E-state index >= 15 is 0 Å². The molecule has 1 spiro atoms. The zero-order valence-electron chi connectivity index (χ0n) is 14.9. The third-order valence-electron chi connectivity index (χ3n) is 6.94. The van der Waals surface area contributed by atoms with E-state index < -0.39 is 0 Å². The number of aliphatic hydroxyl groups is 1. The third kappa shape index (κ3) is 2.36. The van der Waals surface area contributed by atoms with Crippen molar-refractivity contribution in [2.75, 3.05) is 11.9 Å². The van der Waals surface area contributed by atoms with Crippen LogP contribution in [-0.2, 0) is 11.8 Å². The average molecular weight is 420 g/mol. The van der Waals surface area contributed by atoms with Crippen molar-refractivity contribution in [2.24, 2.45) is 11.7 Å². The predicted octanol–water partition coefficient (Wildman–Crippen LogP) is 2.76. The molecule has 0 aromatic carbocycles. The van der Waals surface area contributed by atoms with Gasteiger partial charge in [0.1, 0.15) is 5.82 Å². The first-order chi connectivity index (χ1) is 12.6. The number of hydrogen-bond acceptors (Lipinski definition) is 5. The molecular weight excluding hydrogens is 394 g/mol. The highest BCUT2D eigenvalue weighted by Gasteiger charge is 2.50. The van der Waals surface area contributed by atoms with Gasteiger partial charge < -0.3 is 16.2 Å². The number of aromatic nitrogens is 3. The van der Waals surface area contributed by atoms with E-state index in [1.807, 2.05) is 10.7 Å². The zero-order valence-corrected chi connectivity index (χ0v) is 16.5. The van der Waals surface area contributed by atoms with Gasteiger partial charge >= 0.3 is 0 Å². The van der Waals surface area contributed by atoms with Crippen LogP contribution in [0.3, 0.4) is 0 Å². The summed E-state index contributed by atoms with van der Waals surface area (Å²) in [5.74, 6) is 1.33. The monoisotopic (exact) mass is 419 g/mol. The molecule has 3 aliphatic rings. The molecule has 2 aromatic heterocycles. The maximum absolute atomic E-state index is 10.1. The second-order valence-electron chi connectivity index (χ2n) is 8.38. The topological polar surface area (TPSA) is 88.5 Å². The summed E-state index contributed by atoms with van der Waals surface area (Å²) in [5, 5.41) is 18.5. The van der Waals surface area contributed by atoms with Crippen molar-refractivity contribution in [1.29, 1.82) is 0 Å². The van der Waals surface area contributed by atoms with Gasteiger partial charge in [0.05, 0.1) is 16.4 Å². The largest absolute Gasteiger partial charge is 0.396 e. The Morgan fingerprint density at radius 3 is 2.85 bits per heavy atom. The maximum atomic E-state index is 10.1. The van der Waals surface area contributed by atoms with Crippen molar-refractivity contribution in [1.82, 2.24) is 14.6 Å². The van der Waals surface area contributed by atoms with E-state index in [2.05, 4.69) is 26.3 Å². The first-order valence-electron chi connectivity index (χ1n) is 9.82. The zero-order chi connectivity index (χ0) is 17.9. The molecule has 2 aromatic rings. The highest BCUT2D eigenvalue weighted by atomic mass is 79.9. The number of nitrogens with one attached hydrogen (secondary N) is 1. The van der Waals surface area contributed by atoms with Gasteiger partial charge in [-0.2, -0.15) is 9.61 Å². The summed E-state index contributed by atoms with van der Waals surface area (Å²) in [7, 11) is 0. The Morgan fingerprint density at radius 1 is 1.35 bits per heavy atom. The van der Waals surface area contributed by atoms with Gasteiger partial charge in [-0.15, -0.1) is 0 Å². The van der Waals surface area contributed by atoms with Crippen LogP contribution in [0.2, 0.25) is 0 Å². The smallest absolute Gasteiger partial charge is 0.171 e. The molecule has 5 rings (SSSR count). The summed E-state index contributed by atoms with van der Waals surface area (Å²) in [4.78, 5) is 5.08. The van der Waals surface area contributed by atoms with E-state index in [4.69, 9.17) is 10.7 Å². The molecule has 26 heavy (non-hydrogen) atoms. The van der Waals surface area contributed by atoms with Crippen LogP contribution in [0, 0.1) is 5.92 Å². The highest BCUT2D eigenvalue weighted by Crippen LogP contribution is 2.54. The van der Waals surface area contributed by atoms with E-state index in [0.29, 0.717) is 6.04 Å². The van der Waals surface area contributed by atoms with Gasteiger partial charge in [0.25, 0.3) is 0 Å². The molecule has 2 heterocycles. The minimum Gasteiger partial charge on any atom is -0.396 e. The molecule has 0 bridgehead atoms. The molecule has 3 atom stereocenters. The lowest BCUT2D eigenvalue weighted by molar-refractivity contribution is 0.162. The fourth-order valence-corrected chi connectivity index (χ4v) is 5.97. The molecule has 140 valence electrons. The maximum Gasteiger partial charge on any atom is 0.171 e. The van der Waals surface area contributed by atoms with Crippen LogP contribution >= 0.6 is 15.9 Å². The lowest BCUT2D eigenvalue weighted by atomic mass is 9.76. The molecule has 2 fully saturated rings. The Kier molecular flexibility index (Phi) is 4.03.